The quantitative estimate of drug-likeness (QED) is 0.779. The lowest BCUT2D eigenvalue weighted by atomic mass is 9.86. The summed E-state index contributed by atoms with van der Waals surface area (Å²) in [5.74, 6) is -1.09. The maximum atomic E-state index is 10.6. The topological polar surface area (TPSA) is 64.4 Å². The van der Waals surface area contributed by atoms with Gasteiger partial charge in [0.2, 0.25) is 0 Å². The number of aromatic nitrogens is 2. The third-order valence-electron chi connectivity index (χ3n) is 3.96. The zero-order chi connectivity index (χ0) is 18.6. The highest BCUT2D eigenvalue weighted by Gasteiger charge is 2.38. The van der Waals surface area contributed by atoms with Crippen molar-refractivity contribution < 1.29 is 27.8 Å². The van der Waals surface area contributed by atoms with Gasteiger partial charge in [-0.2, -0.15) is 13.2 Å². The van der Waals surface area contributed by atoms with Crippen LogP contribution < -0.4 is 4.74 Å². The van der Waals surface area contributed by atoms with E-state index in [-0.39, 0.29) is 0 Å². The summed E-state index contributed by atoms with van der Waals surface area (Å²) in [5, 5.41) is 7.12. The molecule has 0 atom stereocenters. The number of aliphatic carboxylic acids is 1. The van der Waals surface area contributed by atoms with E-state index in [0.717, 1.165) is 40.3 Å². The molecule has 0 amide bonds. The number of carboxylic acid groups (broad SMARTS) is 1. The standard InChI is InChI=1S/C14H17BrN2O.C2HF3O2/c1-2-17-9-16-12-7-14(11(15)6-13(12)17)18-8-10-4-3-5-10;3-2(4,5)1(6)7/h6-7,9-10H,2-5,8H2,1H3;(H,6,7). The van der Waals surface area contributed by atoms with Crippen molar-refractivity contribution in [3.05, 3.63) is 22.9 Å². The van der Waals surface area contributed by atoms with E-state index in [0.29, 0.717) is 0 Å². The Balaban J connectivity index is 0.000000277. The number of hydrogen-bond donors (Lipinski definition) is 1. The first kappa shape index (κ1) is 19.6. The molecule has 1 aromatic carbocycles. The van der Waals surface area contributed by atoms with Crippen LogP contribution >= 0.6 is 15.9 Å². The van der Waals surface area contributed by atoms with E-state index < -0.39 is 12.1 Å². The minimum atomic E-state index is -5.08. The molecule has 25 heavy (non-hydrogen) atoms. The molecule has 2 aromatic rings. The smallest absolute Gasteiger partial charge is 0.490 e. The molecule has 1 fully saturated rings. The summed E-state index contributed by atoms with van der Waals surface area (Å²) in [4.78, 5) is 13.3. The molecular weight excluding hydrogens is 405 g/mol. The zero-order valence-corrected chi connectivity index (χ0v) is 15.1. The molecular formula is C16H18BrF3N2O3. The number of halogens is 4. The van der Waals surface area contributed by atoms with Gasteiger partial charge in [0.05, 0.1) is 28.4 Å². The van der Waals surface area contributed by atoms with E-state index in [2.05, 4.69) is 38.5 Å². The Kier molecular flexibility index (Phi) is 6.31. The van der Waals surface area contributed by atoms with Crippen molar-refractivity contribution in [3.63, 3.8) is 0 Å². The van der Waals surface area contributed by atoms with Gasteiger partial charge in [-0.1, -0.05) is 6.42 Å². The lowest BCUT2D eigenvalue weighted by Gasteiger charge is -2.25. The summed E-state index contributed by atoms with van der Waals surface area (Å²) in [5.41, 5.74) is 2.16. The van der Waals surface area contributed by atoms with E-state index in [1.807, 2.05) is 12.4 Å². The molecule has 3 rings (SSSR count). The predicted octanol–water partition coefficient (Wildman–Crippen LogP) is 4.63. The van der Waals surface area contributed by atoms with Gasteiger partial charge in [-0.3, -0.25) is 0 Å². The van der Waals surface area contributed by atoms with Crippen molar-refractivity contribution in [2.24, 2.45) is 5.92 Å². The molecule has 1 saturated carbocycles. The summed E-state index contributed by atoms with van der Waals surface area (Å²) in [6.07, 6.45) is 0.774. The number of nitrogens with zero attached hydrogens (tertiary/aromatic N) is 2. The molecule has 1 N–H and O–H groups in total. The number of carbonyl (C=O) groups is 1. The third kappa shape index (κ3) is 5.10. The predicted molar refractivity (Wildman–Crippen MR) is 89.6 cm³/mol. The van der Waals surface area contributed by atoms with E-state index in [4.69, 9.17) is 14.6 Å². The Labute approximate surface area is 150 Å². The van der Waals surface area contributed by atoms with E-state index in [1.165, 1.54) is 19.3 Å². The number of rotatable bonds is 4. The SMILES string of the molecule is CCn1cnc2cc(OCC3CCC3)c(Br)cc21.O=C(O)C(F)(F)F. The highest BCUT2D eigenvalue weighted by atomic mass is 79.9. The third-order valence-corrected chi connectivity index (χ3v) is 4.58. The Bertz CT molecular complexity index is 742. The molecule has 9 heteroatoms. The van der Waals surface area contributed by atoms with E-state index in [1.54, 1.807) is 0 Å². The monoisotopic (exact) mass is 422 g/mol. The fraction of sp³-hybridized carbons (Fsp3) is 0.500. The molecule has 5 nitrogen and oxygen atoms in total. The van der Waals surface area contributed by atoms with Gasteiger partial charge in [-0.05, 0) is 47.7 Å². The van der Waals surface area contributed by atoms with Gasteiger partial charge >= 0.3 is 12.1 Å². The molecule has 1 aliphatic rings. The minimum absolute atomic E-state index is 0.751. The van der Waals surface area contributed by atoms with Crippen LogP contribution in [0.2, 0.25) is 0 Å². The number of benzene rings is 1. The first-order valence-electron chi connectivity index (χ1n) is 7.79. The van der Waals surface area contributed by atoms with Crippen molar-refractivity contribution >= 4 is 32.9 Å². The van der Waals surface area contributed by atoms with Crippen LogP contribution in [-0.2, 0) is 11.3 Å². The fourth-order valence-corrected chi connectivity index (χ4v) is 2.74. The molecule has 1 aliphatic carbocycles. The van der Waals surface area contributed by atoms with Gasteiger partial charge in [0, 0.05) is 12.6 Å². The van der Waals surface area contributed by atoms with Gasteiger partial charge in [-0.25, -0.2) is 9.78 Å². The van der Waals surface area contributed by atoms with E-state index in [9.17, 15) is 13.2 Å². The molecule has 0 bridgehead atoms. The van der Waals surface area contributed by atoms with Gasteiger partial charge in [-0.15, -0.1) is 0 Å². The lowest BCUT2D eigenvalue weighted by molar-refractivity contribution is -0.192. The van der Waals surface area contributed by atoms with Crippen molar-refractivity contribution in [2.75, 3.05) is 6.61 Å². The maximum Gasteiger partial charge on any atom is 0.490 e. The zero-order valence-electron chi connectivity index (χ0n) is 13.5. The van der Waals surface area contributed by atoms with Crippen LogP contribution in [0.3, 0.4) is 0 Å². The highest BCUT2D eigenvalue weighted by Crippen LogP contribution is 2.32. The fourth-order valence-electron chi connectivity index (χ4n) is 2.29. The molecule has 1 heterocycles. The largest absolute Gasteiger partial charge is 0.492 e. The number of aryl methyl sites for hydroxylation is 1. The van der Waals surface area contributed by atoms with Crippen molar-refractivity contribution in [3.8, 4) is 5.75 Å². The first-order valence-corrected chi connectivity index (χ1v) is 8.59. The second-order valence-corrected chi connectivity index (χ2v) is 6.57. The van der Waals surface area contributed by atoms with Crippen LogP contribution in [0.4, 0.5) is 13.2 Å². The van der Waals surface area contributed by atoms with Gasteiger partial charge < -0.3 is 14.4 Å². The average Bonchev–Trinajstić information content (AvgIpc) is 2.87. The molecule has 0 saturated heterocycles. The van der Waals surface area contributed by atoms with Crippen LogP contribution in [-0.4, -0.2) is 33.4 Å². The number of fused-ring (bicyclic) bond motifs is 1. The van der Waals surface area contributed by atoms with Crippen LogP contribution in [0.5, 0.6) is 5.75 Å². The summed E-state index contributed by atoms with van der Waals surface area (Å²) >= 11 is 3.59. The second-order valence-electron chi connectivity index (χ2n) is 5.71. The minimum Gasteiger partial charge on any atom is -0.492 e. The van der Waals surface area contributed by atoms with Crippen LogP contribution in [0.1, 0.15) is 26.2 Å². The molecule has 1 aromatic heterocycles. The molecule has 0 aliphatic heterocycles. The number of imidazole rings is 1. The molecule has 138 valence electrons. The number of carboxylic acids is 1. The first-order chi connectivity index (χ1) is 11.7. The summed E-state index contributed by atoms with van der Waals surface area (Å²) in [6, 6.07) is 4.13. The molecule has 0 radical (unpaired) electrons. The molecule has 0 spiro atoms. The highest BCUT2D eigenvalue weighted by molar-refractivity contribution is 9.10. The number of alkyl halides is 3. The van der Waals surface area contributed by atoms with Crippen LogP contribution in [0, 0.1) is 5.92 Å². The maximum absolute atomic E-state index is 10.6. The Morgan fingerprint density at radius 1 is 1.44 bits per heavy atom. The molecule has 0 unspecified atom stereocenters. The normalized spacial score (nSPS) is 14.6. The number of ether oxygens (including phenoxy) is 1. The summed E-state index contributed by atoms with van der Waals surface area (Å²) in [6.45, 7) is 3.89. The van der Waals surface area contributed by atoms with Crippen LogP contribution in [0.25, 0.3) is 11.0 Å². The van der Waals surface area contributed by atoms with Gasteiger partial charge in [0.25, 0.3) is 0 Å². The van der Waals surface area contributed by atoms with E-state index >= 15 is 0 Å². The number of hydrogen-bond acceptors (Lipinski definition) is 3. The van der Waals surface area contributed by atoms with Gasteiger partial charge in [0.1, 0.15) is 5.75 Å². The van der Waals surface area contributed by atoms with Crippen molar-refractivity contribution in [2.45, 2.75) is 38.9 Å². The van der Waals surface area contributed by atoms with Gasteiger partial charge in [0.15, 0.2) is 0 Å². The Morgan fingerprint density at radius 2 is 2.08 bits per heavy atom. The Hall–Kier alpha value is -1.77. The summed E-state index contributed by atoms with van der Waals surface area (Å²) in [7, 11) is 0. The Morgan fingerprint density at radius 3 is 2.56 bits per heavy atom. The summed E-state index contributed by atoms with van der Waals surface area (Å²) < 4.78 is 40.8. The second kappa shape index (κ2) is 8.07. The van der Waals surface area contributed by atoms with Crippen molar-refractivity contribution in [1.82, 2.24) is 9.55 Å². The van der Waals surface area contributed by atoms with Crippen LogP contribution in [0.15, 0.2) is 22.9 Å². The van der Waals surface area contributed by atoms with Crippen molar-refractivity contribution in [1.29, 1.82) is 0 Å². The average molecular weight is 423 g/mol. The lowest BCUT2D eigenvalue weighted by Crippen LogP contribution is -2.21.